The number of ether oxygens (including phenoxy) is 3. The van der Waals surface area contributed by atoms with Gasteiger partial charge in [-0.1, -0.05) is 70.2 Å². The van der Waals surface area contributed by atoms with Crippen molar-refractivity contribution < 1.29 is 23.8 Å². The number of alkyl carbamates (subject to hydrolysis) is 1. The first-order valence-corrected chi connectivity index (χ1v) is 16.7. The van der Waals surface area contributed by atoms with E-state index in [1.165, 1.54) is 43.2 Å². The van der Waals surface area contributed by atoms with E-state index in [2.05, 4.69) is 43.4 Å². The number of benzene rings is 1. The predicted octanol–water partition coefficient (Wildman–Crippen LogP) is 7.40. The molecule has 1 aliphatic carbocycles. The van der Waals surface area contributed by atoms with Gasteiger partial charge in [0.05, 0.1) is 12.1 Å². The Labute approximate surface area is 254 Å². The smallest absolute Gasteiger partial charge is 0.407 e. The molecule has 0 bridgehead atoms. The Morgan fingerprint density at radius 2 is 1.71 bits per heavy atom. The van der Waals surface area contributed by atoms with E-state index in [-0.39, 0.29) is 30.3 Å². The summed E-state index contributed by atoms with van der Waals surface area (Å²) in [6, 6.07) is 8.21. The lowest BCUT2D eigenvalue weighted by molar-refractivity contribution is -0.199. The Kier molecular flexibility index (Phi) is 12.1. The summed E-state index contributed by atoms with van der Waals surface area (Å²) in [5, 5.41) is 3.23. The lowest BCUT2D eigenvalue weighted by atomic mass is 9.81. The van der Waals surface area contributed by atoms with Gasteiger partial charge < -0.3 is 24.4 Å². The molecule has 0 spiro atoms. The SMILES string of the molecule is CC(C)C[C@H](C[C@H](OC1CCCCO1)[C@H](CC1CCCCC1)NC(=O)OC(C)(C)C)C(=O)N1CCc2ccccc2C1. The number of amides is 2. The number of carbonyl (C=O) groups excluding carboxylic acids is 2. The van der Waals surface area contributed by atoms with Gasteiger partial charge in [0.25, 0.3) is 0 Å². The second-order valence-electron chi connectivity index (χ2n) is 14.3. The minimum atomic E-state index is -0.594. The molecular weight excluding hydrogens is 528 g/mol. The second kappa shape index (κ2) is 15.6. The number of fused-ring (bicyclic) bond motifs is 1. The summed E-state index contributed by atoms with van der Waals surface area (Å²) in [5.74, 6) is 0.885. The molecule has 2 aliphatic heterocycles. The number of carbonyl (C=O) groups is 2. The monoisotopic (exact) mass is 584 g/mol. The maximum Gasteiger partial charge on any atom is 0.407 e. The van der Waals surface area contributed by atoms with Crippen molar-refractivity contribution >= 4 is 12.0 Å². The largest absolute Gasteiger partial charge is 0.444 e. The van der Waals surface area contributed by atoms with Crippen LogP contribution in [-0.4, -0.2) is 54.1 Å². The van der Waals surface area contributed by atoms with E-state index in [0.29, 0.717) is 31.4 Å². The van der Waals surface area contributed by atoms with Crippen LogP contribution in [0.1, 0.15) is 116 Å². The average molecular weight is 585 g/mol. The van der Waals surface area contributed by atoms with Crippen LogP contribution >= 0.6 is 0 Å². The molecule has 42 heavy (non-hydrogen) atoms. The van der Waals surface area contributed by atoms with E-state index in [9.17, 15) is 9.59 Å². The fourth-order valence-corrected chi connectivity index (χ4v) is 6.96. The Hall–Kier alpha value is -2.12. The van der Waals surface area contributed by atoms with Crippen LogP contribution in [0.5, 0.6) is 0 Å². The van der Waals surface area contributed by atoms with Crippen LogP contribution < -0.4 is 5.32 Å². The number of rotatable bonds is 11. The van der Waals surface area contributed by atoms with Gasteiger partial charge in [-0.25, -0.2) is 4.79 Å². The van der Waals surface area contributed by atoms with Crippen molar-refractivity contribution in [1.29, 1.82) is 0 Å². The van der Waals surface area contributed by atoms with Crippen LogP contribution in [0.2, 0.25) is 0 Å². The summed E-state index contributed by atoms with van der Waals surface area (Å²) in [4.78, 5) is 29.4. The minimum absolute atomic E-state index is 0.196. The van der Waals surface area contributed by atoms with Gasteiger partial charge in [0.15, 0.2) is 6.29 Å². The highest BCUT2D eigenvalue weighted by atomic mass is 16.7. The van der Waals surface area contributed by atoms with Gasteiger partial charge >= 0.3 is 6.09 Å². The highest BCUT2D eigenvalue weighted by molar-refractivity contribution is 5.79. The molecule has 7 nitrogen and oxygen atoms in total. The topological polar surface area (TPSA) is 77.1 Å². The van der Waals surface area contributed by atoms with Gasteiger partial charge in [0, 0.05) is 25.6 Å². The molecule has 1 unspecified atom stereocenters. The molecule has 1 aromatic carbocycles. The zero-order valence-electron chi connectivity index (χ0n) is 26.9. The molecular formula is C35H56N2O5. The fraction of sp³-hybridized carbons (Fsp3) is 0.771. The molecule has 1 aromatic rings. The summed E-state index contributed by atoms with van der Waals surface area (Å²) in [5.41, 5.74) is 1.99. The van der Waals surface area contributed by atoms with E-state index in [1.54, 1.807) is 0 Å². The highest BCUT2D eigenvalue weighted by Crippen LogP contribution is 2.33. The first-order valence-electron chi connectivity index (χ1n) is 16.7. The first kappa shape index (κ1) is 32.8. The molecule has 1 saturated heterocycles. The summed E-state index contributed by atoms with van der Waals surface area (Å²) in [7, 11) is 0. The van der Waals surface area contributed by atoms with Gasteiger partial charge in [0.1, 0.15) is 5.60 Å². The van der Waals surface area contributed by atoms with E-state index >= 15 is 0 Å². The standard InChI is InChI=1S/C35H56N2O5/c1-25(2)21-29(33(38)37-19-18-27-15-9-10-16-28(27)24-37)23-31(41-32-17-11-12-20-40-32)30(22-26-13-7-6-8-14-26)36-34(39)42-35(3,4)5/h9-10,15-16,25-26,29-32H,6-8,11-14,17-24H2,1-5H3,(H,36,39)/t29-,30+,31+,32?/m1/s1. The molecule has 2 fully saturated rings. The molecule has 4 rings (SSSR count). The fourth-order valence-electron chi connectivity index (χ4n) is 6.96. The Morgan fingerprint density at radius 3 is 2.38 bits per heavy atom. The zero-order chi connectivity index (χ0) is 30.1. The molecule has 2 amide bonds. The molecule has 4 atom stereocenters. The van der Waals surface area contributed by atoms with E-state index in [4.69, 9.17) is 14.2 Å². The average Bonchev–Trinajstić information content (AvgIpc) is 2.95. The number of nitrogens with zero attached hydrogens (tertiary/aromatic N) is 1. The number of hydrogen-bond acceptors (Lipinski definition) is 5. The molecule has 2 heterocycles. The number of nitrogens with one attached hydrogen (secondary N) is 1. The van der Waals surface area contributed by atoms with Crippen molar-refractivity contribution in [3.63, 3.8) is 0 Å². The maximum absolute atomic E-state index is 14.2. The van der Waals surface area contributed by atoms with Crippen molar-refractivity contribution in [1.82, 2.24) is 10.2 Å². The van der Waals surface area contributed by atoms with Gasteiger partial charge in [-0.2, -0.15) is 0 Å². The van der Waals surface area contributed by atoms with Gasteiger partial charge in [-0.05, 0) is 88.7 Å². The van der Waals surface area contributed by atoms with Crippen LogP contribution in [-0.2, 0) is 32.0 Å². The summed E-state index contributed by atoms with van der Waals surface area (Å²) >= 11 is 0. The van der Waals surface area contributed by atoms with Crippen molar-refractivity contribution in [2.24, 2.45) is 17.8 Å². The van der Waals surface area contributed by atoms with Crippen molar-refractivity contribution in [2.45, 2.75) is 142 Å². The lowest BCUT2D eigenvalue weighted by Crippen LogP contribution is -2.50. The van der Waals surface area contributed by atoms with Crippen LogP contribution in [0.3, 0.4) is 0 Å². The quantitative estimate of drug-likeness (QED) is 0.293. The Morgan fingerprint density at radius 1 is 1.00 bits per heavy atom. The van der Waals surface area contributed by atoms with Gasteiger partial charge in [-0.3, -0.25) is 4.79 Å². The Balaban J connectivity index is 1.58. The normalized spacial score (nSPS) is 22.2. The van der Waals surface area contributed by atoms with Gasteiger partial charge in [0.2, 0.25) is 5.91 Å². The summed E-state index contributed by atoms with van der Waals surface area (Å²) in [6.45, 7) is 12.1. The first-order chi connectivity index (χ1) is 20.1. The van der Waals surface area contributed by atoms with Crippen molar-refractivity contribution in [2.75, 3.05) is 13.2 Å². The molecule has 3 aliphatic rings. The minimum Gasteiger partial charge on any atom is -0.444 e. The van der Waals surface area contributed by atoms with Crippen LogP contribution in [0.15, 0.2) is 24.3 Å². The summed E-state index contributed by atoms with van der Waals surface area (Å²) in [6.07, 6.45) is 11.0. The van der Waals surface area contributed by atoms with Crippen molar-refractivity contribution in [3.8, 4) is 0 Å². The third-order valence-corrected chi connectivity index (χ3v) is 8.99. The molecule has 236 valence electrons. The summed E-state index contributed by atoms with van der Waals surface area (Å²) < 4.78 is 18.6. The highest BCUT2D eigenvalue weighted by Gasteiger charge is 2.37. The van der Waals surface area contributed by atoms with Crippen LogP contribution in [0.4, 0.5) is 4.79 Å². The Bertz CT molecular complexity index is 993. The predicted molar refractivity (Wildman–Crippen MR) is 166 cm³/mol. The molecule has 0 aromatic heterocycles. The lowest BCUT2D eigenvalue weighted by Gasteiger charge is -2.38. The third-order valence-electron chi connectivity index (χ3n) is 8.99. The number of hydrogen-bond donors (Lipinski definition) is 1. The maximum atomic E-state index is 14.2. The van der Waals surface area contributed by atoms with Crippen LogP contribution in [0, 0.1) is 17.8 Å². The molecule has 0 radical (unpaired) electrons. The van der Waals surface area contributed by atoms with Gasteiger partial charge in [-0.15, -0.1) is 0 Å². The molecule has 1 N–H and O–H groups in total. The molecule has 7 heteroatoms. The second-order valence-corrected chi connectivity index (χ2v) is 14.3. The van der Waals surface area contributed by atoms with E-state index in [0.717, 1.165) is 45.1 Å². The third kappa shape index (κ3) is 10.3. The van der Waals surface area contributed by atoms with E-state index in [1.807, 2.05) is 25.7 Å². The van der Waals surface area contributed by atoms with E-state index < -0.39 is 11.7 Å². The zero-order valence-corrected chi connectivity index (χ0v) is 26.9. The van der Waals surface area contributed by atoms with Crippen LogP contribution in [0.25, 0.3) is 0 Å². The van der Waals surface area contributed by atoms with Crippen molar-refractivity contribution in [3.05, 3.63) is 35.4 Å². The molecule has 1 saturated carbocycles.